The number of nitrogens with two attached hydrogens (primary N) is 1. The van der Waals surface area contributed by atoms with Gasteiger partial charge in [-0.05, 0) is 36.8 Å². The highest BCUT2D eigenvalue weighted by Gasteiger charge is 2.45. The van der Waals surface area contributed by atoms with Gasteiger partial charge in [-0.3, -0.25) is 9.69 Å². The summed E-state index contributed by atoms with van der Waals surface area (Å²) >= 11 is 0. The lowest BCUT2D eigenvalue weighted by Gasteiger charge is -2.35. The second-order valence-corrected chi connectivity index (χ2v) is 6.42. The van der Waals surface area contributed by atoms with E-state index in [4.69, 9.17) is 5.73 Å². The van der Waals surface area contributed by atoms with Gasteiger partial charge < -0.3 is 11.1 Å². The van der Waals surface area contributed by atoms with Crippen molar-refractivity contribution in [1.82, 2.24) is 10.2 Å². The van der Waals surface area contributed by atoms with Gasteiger partial charge in [0.25, 0.3) is 0 Å². The Labute approximate surface area is 126 Å². The molecule has 4 nitrogen and oxygen atoms in total. The number of hydrogen-bond donors (Lipinski definition) is 2. The van der Waals surface area contributed by atoms with Gasteiger partial charge in [0, 0.05) is 25.7 Å². The van der Waals surface area contributed by atoms with E-state index in [1.54, 1.807) is 0 Å². The van der Waals surface area contributed by atoms with E-state index in [9.17, 15) is 4.79 Å². The maximum absolute atomic E-state index is 12.0. The van der Waals surface area contributed by atoms with Crippen LogP contribution in [0.25, 0.3) is 0 Å². The number of carbonyl (C=O) groups is 1. The first-order valence-electron chi connectivity index (χ1n) is 8.00. The molecular weight excluding hydrogens is 262 g/mol. The SMILES string of the molecule is CCC(CNC(=O)C1(N)CC1)N1CCc2ccccc2C1. The Morgan fingerprint density at radius 3 is 2.76 bits per heavy atom. The molecule has 3 rings (SSSR count). The lowest BCUT2D eigenvalue weighted by Crippen LogP contribution is -2.50. The molecule has 1 aliphatic carbocycles. The third kappa shape index (κ3) is 3.11. The fourth-order valence-electron chi connectivity index (χ4n) is 3.11. The van der Waals surface area contributed by atoms with Crippen LogP contribution in [-0.4, -0.2) is 35.5 Å². The van der Waals surface area contributed by atoms with Gasteiger partial charge in [0.2, 0.25) is 5.91 Å². The van der Waals surface area contributed by atoms with Gasteiger partial charge in [0.1, 0.15) is 0 Å². The Bertz CT molecular complexity index is 525. The Morgan fingerprint density at radius 1 is 1.38 bits per heavy atom. The van der Waals surface area contributed by atoms with E-state index in [1.807, 2.05) is 0 Å². The molecule has 1 saturated carbocycles. The van der Waals surface area contributed by atoms with Crippen molar-refractivity contribution in [2.45, 2.75) is 50.7 Å². The number of hydrogen-bond acceptors (Lipinski definition) is 3. The maximum atomic E-state index is 12.0. The van der Waals surface area contributed by atoms with Crippen LogP contribution in [0.2, 0.25) is 0 Å². The standard InChI is InChI=1S/C17H25N3O/c1-2-15(11-19-16(21)17(18)8-9-17)20-10-7-13-5-3-4-6-14(13)12-20/h3-6,15H,2,7-12,18H2,1H3,(H,19,21). The van der Waals surface area contributed by atoms with Gasteiger partial charge in [-0.25, -0.2) is 0 Å². The van der Waals surface area contributed by atoms with E-state index in [2.05, 4.69) is 41.4 Å². The largest absolute Gasteiger partial charge is 0.353 e. The molecule has 0 spiro atoms. The zero-order chi connectivity index (χ0) is 14.9. The van der Waals surface area contributed by atoms with Gasteiger partial charge in [0.15, 0.2) is 0 Å². The minimum atomic E-state index is -0.563. The minimum Gasteiger partial charge on any atom is -0.353 e. The van der Waals surface area contributed by atoms with Crippen LogP contribution in [0.15, 0.2) is 24.3 Å². The normalized spacial score (nSPS) is 21.4. The summed E-state index contributed by atoms with van der Waals surface area (Å²) in [6.45, 7) is 4.95. The van der Waals surface area contributed by atoms with E-state index in [-0.39, 0.29) is 5.91 Å². The number of amides is 1. The fourth-order valence-corrected chi connectivity index (χ4v) is 3.11. The lowest BCUT2D eigenvalue weighted by molar-refractivity contribution is -0.123. The molecule has 1 fully saturated rings. The monoisotopic (exact) mass is 287 g/mol. The Hall–Kier alpha value is -1.39. The molecule has 0 bridgehead atoms. The van der Waals surface area contributed by atoms with Gasteiger partial charge in [-0.2, -0.15) is 0 Å². The first kappa shape index (κ1) is 14.5. The summed E-state index contributed by atoms with van der Waals surface area (Å²) in [7, 11) is 0. The van der Waals surface area contributed by atoms with Crippen LogP contribution in [0.4, 0.5) is 0 Å². The van der Waals surface area contributed by atoms with E-state index in [0.29, 0.717) is 12.6 Å². The number of fused-ring (bicyclic) bond motifs is 1. The average Bonchev–Trinajstić information content (AvgIpc) is 3.26. The van der Waals surface area contributed by atoms with E-state index in [1.165, 1.54) is 11.1 Å². The summed E-state index contributed by atoms with van der Waals surface area (Å²) in [6.07, 6.45) is 3.79. The molecule has 0 radical (unpaired) electrons. The Morgan fingerprint density at radius 2 is 2.10 bits per heavy atom. The molecule has 1 aromatic rings. The minimum absolute atomic E-state index is 0.0263. The molecule has 1 heterocycles. The molecule has 0 aromatic heterocycles. The molecule has 1 atom stereocenters. The van der Waals surface area contributed by atoms with Crippen molar-refractivity contribution >= 4 is 5.91 Å². The summed E-state index contributed by atoms with van der Waals surface area (Å²) in [4.78, 5) is 14.5. The highest BCUT2D eigenvalue weighted by Crippen LogP contribution is 2.32. The highest BCUT2D eigenvalue weighted by atomic mass is 16.2. The van der Waals surface area contributed by atoms with Crippen LogP contribution in [0, 0.1) is 0 Å². The number of carbonyl (C=O) groups excluding carboxylic acids is 1. The van der Waals surface area contributed by atoms with Crippen LogP contribution in [0.1, 0.15) is 37.3 Å². The zero-order valence-corrected chi connectivity index (χ0v) is 12.8. The molecule has 3 N–H and O–H groups in total. The summed E-state index contributed by atoms with van der Waals surface area (Å²) in [6, 6.07) is 9.05. The molecule has 4 heteroatoms. The first-order chi connectivity index (χ1) is 10.1. The maximum Gasteiger partial charge on any atom is 0.240 e. The van der Waals surface area contributed by atoms with Crippen LogP contribution in [0.3, 0.4) is 0 Å². The topological polar surface area (TPSA) is 58.4 Å². The van der Waals surface area contributed by atoms with Gasteiger partial charge in [-0.15, -0.1) is 0 Å². The highest BCUT2D eigenvalue weighted by molar-refractivity contribution is 5.88. The predicted octanol–water partition coefficient (Wildman–Crippen LogP) is 1.43. The molecular formula is C17H25N3O. The third-order valence-corrected chi connectivity index (χ3v) is 4.89. The van der Waals surface area contributed by atoms with Crippen molar-refractivity contribution in [3.63, 3.8) is 0 Å². The van der Waals surface area contributed by atoms with E-state index >= 15 is 0 Å². The van der Waals surface area contributed by atoms with Crippen LogP contribution >= 0.6 is 0 Å². The second kappa shape index (κ2) is 5.78. The van der Waals surface area contributed by atoms with Crippen molar-refractivity contribution in [2.75, 3.05) is 13.1 Å². The Kier molecular flexibility index (Phi) is 4.00. The predicted molar refractivity (Wildman–Crippen MR) is 83.8 cm³/mol. The Balaban J connectivity index is 1.58. The smallest absolute Gasteiger partial charge is 0.240 e. The van der Waals surface area contributed by atoms with Crippen LogP contribution < -0.4 is 11.1 Å². The molecule has 2 aliphatic rings. The number of rotatable bonds is 5. The van der Waals surface area contributed by atoms with E-state index < -0.39 is 5.54 Å². The summed E-state index contributed by atoms with van der Waals surface area (Å²) in [5.74, 6) is 0.0263. The summed E-state index contributed by atoms with van der Waals surface area (Å²) < 4.78 is 0. The van der Waals surface area contributed by atoms with Crippen molar-refractivity contribution in [3.8, 4) is 0 Å². The van der Waals surface area contributed by atoms with Crippen molar-refractivity contribution in [1.29, 1.82) is 0 Å². The van der Waals surface area contributed by atoms with Gasteiger partial charge in [0.05, 0.1) is 5.54 Å². The number of nitrogens with one attached hydrogen (secondary N) is 1. The lowest BCUT2D eigenvalue weighted by atomic mass is 9.98. The quantitative estimate of drug-likeness (QED) is 0.861. The molecule has 21 heavy (non-hydrogen) atoms. The fraction of sp³-hybridized carbons (Fsp3) is 0.588. The van der Waals surface area contributed by atoms with Crippen LogP contribution in [-0.2, 0) is 17.8 Å². The molecule has 1 amide bonds. The molecule has 114 valence electrons. The van der Waals surface area contributed by atoms with Gasteiger partial charge in [-0.1, -0.05) is 31.2 Å². The van der Waals surface area contributed by atoms with Crippen molar-refractivity contribution < 1.29 is 4.79 Å². The third-order valence-electron chi connectivity index (χ3n) is 4.89. The average molecular weight is 287 g/mol. The summed E-state index contributed by atoms with van der Waals surface area (Å²) in [5.41, 5.74) is 8.26. The molecule has 1 aromatic carbocycles. The van der Waals surface area contributed by atoms with Crippen molar-refractivity contribution in [3.05, 3.63) is 35.4 Å². The zero-order valence-electron chi connectivity index (χ0n) is 12.8. The van der Waals surface area contributed by atoms with Crippen LogP contribution in [0.5, 0.6) is 0 Å². The molecule has 0 saturated heterocycles. The van der Waals surface area contributed by atoms with E-state index in [0.717, 1.165) is 38.8 Å². The second-order valence-electron chi connectivity index (χ2n) is 6.42. The first-order valence-corrected chi connectivity index (χ1v) is 8.00. The molecule has 1 aliphatic heterocycles. The summed E-state index contributed by atoms with van der Waals surface area (Å²) in [5, 5.41) is 3.05. The number of nitrogens with zero attached hydrogens (tertiary/aromatic N) is 1. The number of benzene rings is 1. The molecule has 1 unspecified atom stereocenters. The van der Waals surface area contributed by atoms with Crippen molar-refractivity contribution in [2.24, 2.45) is 5.73 Å². The van der Waals surface area contributed by atoms with Gasteiger partial charge >= 0.3 is 0 Å².